The molecule has 1 amide bonds. The van der Waals surface area contributed by atoms with E-state index in [1.165, 1.54) is 29.5 Å². The van der Waals surface area contributed by atoms with Gasteiger partial charge in [-0.25, -0.2) is 18.1 Å². The third kappa shape index (κ3) is 4.38. The number of carbonyl (C=O) groups is 1. The Morgan fingerprint density at radius 2 is 2.08 bits per heavy atom. The van der Waals surface area contributed by atoms with Gasteiger partial charge in [0, 0.05) is 17.3 Å². The zero-order chi connectivity index (χ0) is 18.2. The maximum Gasteiger partial charge on any atom is 0.259 e. The fraction of sp³-hybridized carbons (Fsp3) is 0.375. The number of rotatable bonds is 6. The molecule has 0 atom stereocenters. The lowest BCUT2D eigenvalue weighted by atomic mass is 10.2. The summed E-state index contributed by atoms with van der Waals surface area (Å²) in [6.07, 6.45) is 2.26. The smallest absolute Gasteiger partial charge is 0.259 e. The van der Waals surface area contributed by atoms with Crippen molar-refractivity contribution < 1.29 is 13.2 Å². The summed E-state index contributed by atoms with van der Waals surface area (Å²) in [4.78, 5) is 16.9. The van der Waals surface area contributed by atoms with E-state index in [9.17, 15) is 13.2 Å². The van der Waals surface area contributed by atoms with Crippen molar-refractivity contribution in [2.45, 2.75) is 43.5 Å². The van der Waals surface area contributed by atoms with Gasteiger partial charge in [0.1, 0.15) is 0 Å². The summed E-state index contributed by atoms with van der Waals surface area (Å²) in [6, 6.07) is 3.80. The predicted octanol–water partition coefficient (Wildman–Crippen LogP) is 3.61. The lowest BCUT2D eigenvalue weighted by Crippen LogP contribution is -2.30. The van der Waals surface area contributed by atoms with E-state index in [0.29, 0.717) is 11.0 Å². The number of thiazole rings is 1. The molecule has 0 aliphatic heterocycles. The predicted molar refractivity (Wildman–Crippen MR) is 99.0 cm³/mol. The molecule has 0 spiro atoms. The summed E-state index contributed by atoms with van der Waals surface area (Å²) >= 11 is 7.43. The molecule has 1 aliphatic carbocycles. The molecular weight excluding hydrogens is 382 g/mol. The van der Waals surface area contributed by atoms with Crippen molar-refractivity contribution in [3.05, 3.63) is 39.9 Å². The second-order valence-electron chi connectivity index (χ2n) is 6.22. The molecular formula is C16H18ClN3O3S2. The first-order valence-corrected chi connectivity index (χ1v) is 10.6. The summed E-state index contributed by atoms with van der Waals surface area (Å²) < 4.78 is 27.0. The number of benzene rings is 1. The van der Waals surface area contributed by atoms with Crippen LogP contribution in [0.2, 0.25) is 5.02 Å². The van der Waals surface area contributed by atoms with Crippen molar-refractivity contribution in [3.8, 4) is 0 Å². The first-order valence-electron chi connectivity index (χ1n) is 7.85. The molecule has 2 N–H and O–H groups in total. The number of carbonyl (C=O) groups excluding carboxylic acids is 1. The van der Waals surface area contributed by atoms with E-state index >= 15 is 0 Å². The molecule has 1 aromatic heterocycles. The van der Waals surface area contributed by atoms with E-state index in [1.807, 2.05) is 5.38 Å². The number of hydrogen-bond acceptors (Lipinski definition) is 5. The minimum atomic E-state index is -3.71. The van der Waals surface area contributed by atoms with Crippen LogP contribution in [-0.2, 0) is 10.0 Å². The van der Waals surface area contributed by atoms with Crippen LogP contribution in [0.5, 0.6) is 0 Å². The number of aromatic nitrogens is 1. The molecule has 1 aromatic carbocycles. The van der Waals surface area contributed by atoms with Crippen molar-refractivity contribution in [2.75, 3.05) is 5.32 Å². The third-order valence-corrected chi connectivity index (χ3v) is 6.38. The van der Waals surface area contributed by atoms with Gasteiger partial charge in [0.05, 0.1) is 21.2 Å². The van der Waals surface area contributed by atoms with Gasteiger partial charge in [0.25, 0.3) is 5.91 Å². The fourth-order valence-electron chi connectivity index (χ4n) is 2.30. The Morgan fingerprint density at radius 1 is 1.36 bits per heavy atom. The summed E-state index contributed by atoms with van der Waals surface area (Å²) in [7, 11) is -3.71. The maximum absolute atomic E-state index is 12.5. The van der Waals surface area contributed by atoms with Crippen LogP contribution in [0.1, 0.15) is 48.7 Å². The highest BCUT2D eigenvalue weighted by atomic mass is 35.5. The monoisotopic (exact) mass is 399 g/mol. The Balaban J connectivity index is 1.82. The Morgan fingerprint density at radius 3 is 2.72 bits per heavy atom. The summed E-state index contributed by atoms with van der Waals surface area (Å²) in [6.45, 7) is 3.45. The van der Waals surface area contributed by atoms with E-state index in [-0.39, 0.29) is 21.5 Å². The van der Waals surface area contributed by atoms with Gasteiger partial charge in [0.2, 0.25) is 10.0 Å². The van der Waals surface area contributed by atoms with Crippen LogP contribution in [0, 0.1) is 0 Å². The van der Waals surface area contributed by atoms with Gasteiger partial charge in [-0.3, -0.25) is 10.1 Å². The van der Waals surface area contributed by atoms with Crippen LogP contribution in [0.4, 0.5) is 5.13 Å². The number of anilines is 1. The molecule has 6 nitrogen and oxygen atoms in total. The van der Waals surface area contributed by atoms with E-state index in [1.54, 1.807) is 13.8 Å². The van der Waals surface area contributed by atoms with Crippen molar-refractivity contribution >= 4 is 44.0 Å². The lowest BCUT2D eigenvalue weighted by molar-refractivity contribution is 0.102. The Kier molecular flexibility index (Phi) is 5.15. The number of amides is 1. The van der Waals surface area contributed by atoms with Gasteiger partial charge in [-0.1, -0.05) is 11.6 Å². The maximum atomic E-state index is 12.5. The van der Waals surface area contributed by atoms with Crippen LogP contribution < -0.4 is 10.0 Å². The summed E-state index contributed by atoms with van der Waals surface area (Å²) in [5, 5.41) is 5.29. The molecule has 0 radical (unpaired) electrons. The van der Waals surface area contributed by atoms with Crippen LogP contribution >= 0.6 is 22.9 Å². The highest BCUT2D eigenvalue weighted by molar-refractivity contribution is 7.89. The number of sulfonamides is 1. The van der Waals surface area contributed by atoms with Gasteiger partial charge in [-0.2, -0.15) is 0 Å². The fourth-order valence-corrected chi connectivity index (χ4v) is 4.57. The minimum Gasteiger partial charge on any atom is -0.298 e. The first-order chi connectivity index (χ1) is 11.8. The molecule has 1 aliphatic rings. The molecule has 0 unspecified atom stereocenters. The quantitative estimate of drug-likeness (QED) is 0.776. The minimum absolute atomic E-state index is 0.00596. The number of halogens is 1. The molecule has 9 heteroatoms. The zero-order valence-corrected chi connectivity index (χ0v) is 16.1. The van der Waals surface area contributed by atoms with Gasteiger partial charge in [-0.15, -0.1) is 11.3 Å². The van der Waals surface area contributed by atoms with Crippen LogP contribution in [0.25, 0.3) is 0 Å². The topological polar surface area (TPSA) is 88.2 Å². The molecule has 2 aromatic rings. The van der Waals surface area contributed by atoms with E-state index in [4.69, 9.17) is 11.6 Å². The highest BCUT2D eigenvalue weighted by Crippen LogP contribution is 2.41. The van der Waals surface area contributed by atoms with Crippen LogP contribution in [0.3, 0.4) is 0 Å². The second kappa shape index (κ2) is 7.03. The summed E-state index contributed by atoms with van der Waals surface area (Å²) in [5.74, 6) is 0.0179. The molecule has 25 heavy (non-hydrogen) atoms. The van der Waals surface area contributed by atoms with Gasteiger partial charge >= 0.3 is 0 Å². The zero-order valence-electron chi connectivity index (χ0n) is 13.7. The molecule has 0 bridgehead atoms. The second-order valence-corrected chi connectivity index (χ2v) is 9.20. The van der Waals surface area contributed by atoms with E-state index in [0.717, 1.165) is 18.5 Å². The normalized spacial score (nSPS) is 14.7. The Bertz CT molecular complexity index is 905. The standard InChI is InChI=1S/C16H18ClN3O3S2/c1-9(2)20-25(22,23)11-5-6-13(17)12(7-11)15(21)19-16-18-14(8-24-16)10-3-4-10/h5-10,20H,3-4H2,1-2H3,(H,18,19,21). The lowest BCUT2D eigenvalue weighted by Gasteiger charge is -2.11. The molecule has 3 rings (SSSR count). The van der Waals surface area contributed by atoms with Crippen molar-refractivity contribution in [2.24, 2.45) is 0 Å². The number of hydrogen-bond donors (Lipinski definition) is 2. The van der Waals surface area contributed by atoms with Gasteiger partial charge in [0.15, 0.2) is 5.13 Å². The molecule has 0 saturated heterocycles. The molecule has 134 valence electrons. The van der Waals surface area contributed by atoms with Gasteiger partial charge in [-0.05, 0) is 44.9 Å². The van der Waals surface area contributed by atoms with Crippen LogP contribution in [0.15, 0.2) is 28.5 Å². The summed E-state index contributed by atoms with van der Waals surface area (Å²) in [5.41, 5.74) is 1.08. The average Bonchev–Trinajstić information content (AvgIpc) is 3.26. The number of nitrogens with zero attached hydrogens (tertiary/aromatic N) is 1. The van der Waals surface area contributed by atoms with Gasteiger partial charge < -0.3 is 0 Å². The van der Waals surface area contributed by atoms with E-state index in [2.05, 4.69) is 15.0 Å². The van der Waals surface area contributed by atoms with Crippen molar-refractivity contribution in [3.63, 3.8) is 0 Å². The molecule has 1 heterocycles. The first kappa shape index (κ1) is 18.3. The van der Waals surface area contributed by atoms with E-state index < -0.39 is 15.9 Å². The Hall–Kier alpha value is -1.48. The largest absolute Gasteiger partial charge is 0.298 e. The highest BCUT2D eigenvalue weighted by Gasteiger charge is 2.26. The van der Waals surface area contributed by atoms with Crippen molar-refractivity contribution in [1.29, 1.82) is 0 Å². The SMILES string of the molecule is CC(C)NS(=O)(=O)c1ccc(Cl)c(C(=O)Nc2nc(C3CC3)cs2)c1. The Labute approximate surface area is 155 Å². The average molecular weight is 400 g/mol. The molecule has 1 saturated carbocycles. The third-order valence-electron chi connectivity index (χ3n) is 3.62. The number of nitrogens with one attached hydrogen (secondary N) is 2. The van der Waals surface area contributed by atoms with Crippen LogP contribution in [-0.4, -0.2) is 25.4 Å². The van der Waals surface area contributed by atoms with Crippen molar-refractivity contribution in [1.82, 2.24) is 9.71 Å². The molecule has 1 fully saturated rings.